The quantitative estimate of drug-likeness (QED) is 0.256. The van der Waals surface area contributed by atoms with Gasteiger partial charge in [-0.2, -0.15) is 26.3 Å². The fourth-order valence-electron chi connectivity index (χ4n) is 0.161. The van der Waals surface area contributed by atoms with Gasteiger partial charge in [0.25, 0.3) is 0 Å². The highest BCUT2D eigenvalue weighted by Crippen LogP contribution is 2.49. The normalized spacial score (nSPS) is 8.26. The summed E-state index contributed by atoms with van der Waals surface area (Å²) in [6.07, 6.45) is -7.99. The lowest BCUT2D eigenvalue weighted by molar-refractivity contribution is -0.327. The molecule has 38 heavy (non-hydrogen) atoms. The topological polar surface area (TPSA) is 17.1 Å². The van der Waals surface area contributed by atoms with Crippen LogP contribution in [0.2, 0.25) is 0 Å². The predicted octanol–water partition coefficient (Wildman–Crippen LogP) is 14.6. The highest BCUT2D eigenvalue weighted by Gasteiger charge is 2.64. The Bertz CT molecular complexity index is 300. The lowest BCUT2D eigenvalue weighted by Gasteiger charge is -2.29. The van der Waals surface area contributed by atoms with Gasteiger partial charge in [-0.25, -0.2) is 0 Å². The van der Waals surface area contributed by atoms with Crippen molar-refractivity contribution < 1.29 is 39.9 Å². The maximum Gasteiger partial charge on any atom is 0.402 e. The maximum absolute atomic E-state index is 11.6. The minimum absolute atomic E-state index is 0. The molecule has 0 atom stereocenters. The van der Waals surface area contributed by atoms with E-state index in [1.807, 2.05) is 0 Å². The van der Waals surface area contributed by atoms with Crippen molar-refractivity contribution in [1.29, 1.82) is 0 Å². The third-order valence-electron chi connectivity index (χ3n) is 1.42. The minimum Gasteiger partial charge on any atom is -0.300 e. The fourth-order valence-corrected chi connectivity index (χ4v) is 0.161. The highest BCUT2D eigenvalue weighted by atomic mass is 19.4. The molecule has 0 N–H and O–H groups in total. The molecule has 0 aliphatic carbocycles. The summed E-state index contributed by atoms with van der Waals surface area (Å²) in [6, 6.07) is 0. The number of alkyl halides is 8. The molecule has 0 aromatic heterocycles. The van der Waals surface area contributed by atoms with Crippen molar-refractivity contribution in [2.24, 2.45) is 10.8 Å². The summed E-state index contributed by atoms with van der Waals surface area (Å²) in [6.45, 7) is 21.7. The molecule has 9 heteroatoms. The summed E-state index contributed by atoms with van der Waals surface area (Å²) in [4.78, 5) is 9.44. The Morgan fingerprint density at radius 3 is 0.579 bits per heavy atom. The van der Waals surface area contributed by atoms with E-state index in [4.69, 9.17) is 0 Å². The first kappa shape index (κ1) is 90.6. The molecule has 0 bridgehead atoms. The van der Waals surface area contributed by atoms with Gasteiger partial charge in [-0.15, -0.1) is 0 Å². The second-order valence-corrected chi connectivity index (χ2v) is 8.21. The number of Topliss-reactive ketones (excluding diaryl/α,β-unsaturated/α-hetero) is 1. The molecule has 0 unspecified atom stereocenters. The highest BCUT2D eigenvalue weighted by molar-refractivity contribution is 5.72. The predicted molar refractivity (Wildman–Crippen MR) is 165 cm³/mol. The summed E-state index contributed by atoms with van der Waals surface area (Å²) in [5.41, 5.74) is -3.12. The number of hydrogen-bond donors (Lipinski definition) is 0. The van der Waals surface area contributed by atoms with E-state index in [-0.39, 0.29) is 78.3 Å². The minimum atomic E-state index is -5.24. The van der Waals surface area contributed by atoms with Crippen LogP contribution in [0.1, 0.15) is 155 Å². The van der Waals surface area contributed by atoms with E-state index in [9.17, 15) is 39.9 Å². The van der Waals surface area contributed by atoms with Crippen LogP contribution in [0.4, 0.5) is 35.1 Å². The number of ketones is 1. The van der Waals surface area contributed by atoms with Gasteiger partial charge in [-0.1, -0.05) is 120 Å². The average Bonchev–Trinajstić information content (AvgIpc) is 2.47. The summed E-state index contributed by atoms with van der Waals surface area (Å²) >= 11 is 0. The first-order valence-electron chi connectivity index (χ1n) is 10.0. The molecule has 0 aliphatic heterocycles. The molecule has 0 amide bonds. The van der Waals surface area contributed by atoms with E-state index in [0.717, 1.165) is 0 Å². The van der Waals surface area contributed by atoms with Crippen LogP contribution in [0.3, 0.4) is 0 Å². The molecule has 0 saturated carbocycles. The Balaban J connectivity index is -0.0000000156. The molecule has 0 fully saturated rings. The van der Waals surface area contributed by atoms with Gasteiger partial charge in [0, 0.05) is 0 Å². The molecule has 0 aromatic rings. The van der Waals surface area contributed by atoms with Gasteiger partial charge >= 0.3 is 12.4 Å². The number of rotatable bonds is 0. The lowest BCUT2D eigenvalue weighted by Crippen LogP contribution is -2.44. The van der Waals surface area contributed by atoms with Crippen LogP contribution in [0, 0.1) is 10.8 Å². The molecule has 0 rings (SSSR count). The Kier molecular flexibility index (Phi) is 125. The average molecular weight is 593 g/mol. The van der Waals surface area contributed by atoms with Gasteiger partial charge in [0.05, 0.1) is 13.9 Å². The second kappa shape index (κ2) is 52.5. The smallest absolute Gasteiger partial charge is 0.300 e. The zero-order chi connectivity index (χ0) is 27.7. The SMILES string of the molecule is C.C.C.C.C.C.C.CC(C)(C(F)(F)F)C(F)(F)F.CC(C)(C)C.CC(C)=O.CCC.CCC.CCF.CF. The van der Waals surface area contributed by atoms with E-state index in [0.29, 0.717) is 12.6 Å². The van der Waals surface area contributed by atoms with Crippen molar-refractivity contribution >= 4 is 5.78 Å². The Hall–Kier alpha value is -0.890. The summed E-state index contributed by atoms with van der Waals surface area (Å²) in [5, 5.41) is 0. The van der Waals surface area contributed by atoms with Crippen LogP contribution < -0.4 is 0 Å². The van der Waals surface area contributed by atoms with Gasteiger partial charge < -0.3 is 4.79 Å². The van der Waals surface area contributed by atoms with Crippen molar-refractivity contribution in [2.45, 2.75) is 167 Å². The van der Waals surface area contributed by atoms with Gasteiger partial charge in [-0.05, 0) is 40.0 Å². The summed E-state index contributed by atoms with van der Waals surface area (Å²) in [7, 11) is 0.500. The summed E-state index contributed by atoms with van der Waals surface area (Å²) in [5.74, 6) is 0.167. The Labute approximate surface area is 238 Å². The molecule has 254 valence electrons. The number of halogens is 8. The monoisotopic (exact) mass is 593 g/mol. The van der Waals surface area contributed by atoms with Crippen molar-refractivity contribution in [3.8, 4) is 0 Å². The number of carbonyl (C=O) groups is 1. The molecule has 0 heterocycles. The molecule has 0 aliphatic rings. The van der Waals surface area contributed by atoms with Crippen molar-refractivity contribution in [3.05, 3.63) is 0 Å². The van der Waals surface area contributed by atoms with Crippen LogP contribution in [-0.2, 0) is 4.79 Å². The lowest BCUT2D eigenvalue weighted by atomic mass is 9.92. The molecule has 0 saturated heterocycles. The molecular weight excluding hydrogens is 516 g/mol. The molecular formula is C29H76F8O. The van der Waals surface area contributed by atoms with Gasteiger partial charge in [0.15, 0.2) is 5.41 Å². The largest absolute Gasteiger partial charge is 0.402 e. The van der Waals surface area contributed by atoms with Gasteiger partial charge in [0.1, 0.15) is 5.78 Å². The number of carbonyl (C=O) groups excluding carboxylic acids is 1. The van der Waals surface area contributed by atoms with Crippen LogP contribution >= 0.6 is 0 Å². The summed E-state index contributed by atoms with van der Waals surface area (Å²) < 4.78 is 89.4. The van der Waals surface area contributed by atoms with E-state index in [2.05, 4.69) is 55.4 Å². The van der Waals surface area contributed by atoms with Crippen molar-refractivity contribution in [3.63, 3.8) is 0 Å². The molecule has 1 nitrogen and oxygen atoms in total. The third-order valence-corrected chi connectivity index (χ3v) is 1.42. The standard InChI is InChI=1S/C5H6F6.C5H12.C3H6O.2C3H8.C2H5F.CH3F.7CH4/c1-3(2,4(6,7)8)5(9,10)11;1-5(2,3)4;1-3(2)4;2*1-3-2;1-2-3;1-2;;;;;;;/h1-2H3;1-4H3;1-2H3;2*3H2,1-2H3;2H2,1H3;1H3;7*1H4. The zero-order valence-corrected chi connectivity index (χ0v) is 22.1. The fraction of sp³-hybridized carbons (Fsp3) is 0.966. The maximum atomic E-state index is 11.6. The van der Waals surface area contributed by atoms with E-state index < -0.39 is 17.8 Å². The van der Waals surface area contributed by atoms with Crippen LogP contribution in [0.5, 0.6) is 0 Å². The molecule has 0 spiro atoms. The van der Waals surface area contributed by atoms with Crippen LogP contribution in [0.15, 0.2) is 0 Å². The van der Waals surface area contributed by atoms with Gasteiger partial charge in [0.2, 0.25) is 0 Å². The van der Waals surface area contributed by atoms with Crippen LogP contribution in [0.25, 0.3) is 0 Å². The van der Waals surface area contributed by atoms with Crippen LogP contribution in [-0.4, -0.2) is 32.0 Å². The van der Waals surface area contributed by atoms with E-state index in [1.165, 1.54) is 33.6 Å². The molecule has 0 radical (unpaired) electrons. The van der Waals surface area contributed by atoms with Crippen molar-refractivity contribution in [1.82, 2.24) is 0 Å². The first-order valence-corrected chi connectivity index (χ1v) is 10.0. The van der Waals surface area contributed by atoms with Crippen molar-refractivity contribution in [2.75, 3.05) is 13.9 Å². The first-order chi connectivity index (χ1) is 13.5. The molecule has 0 aromatic carbocycles. The van der Waals surface area contributed by atoms with E-state index in [1.54, 1.807) is 0 Å². The third kappa shape index (κ3) is 140. The second-order valence-electron chi connectivity index (χ2n) is 8.21. The van der Waals surface area contributed by atoms with Gasteiger partial charge in [-0.3, -0.25) is 8.78 Å². The Morgan fingerprint density at radius 1 is 0.526 bits per heavy atom. The van der Waals surface area contributed by atoms with E-state index >= 15 is 0 Å². The number of hydrogen-bond acceptors (Lipinski definition) is 1. The zero-order valence-electron chi connectivity index (χ0n) is 22.1. The Morgan fingerprint density at radius 2 is 0.579 bits per heavy atom.